The van der Waals surface area contributed by atoms with Crippen molar-refractivity contribution in [2.45, 2.75) is 38.0 Å². The molecule has 0 heterocycles. The number of aliphatic hydroxyl groups excluding tert-OH is 3. The van der Waals surface area contributed by atoms with E-state index in [-0.39, 0.29) is 83.4 Å². The van der Waals surface area contributed by atoms with Gasteiger partial charge in [0, 0.05) is 78.2 Å². The first-order chi connectivity index (χ1) is 21.0. The Hall–Kier alpha value is -3.80. The highest BCUT2D eigenvalue weighted by Gasteiger charge is 2.39. The highest BCUT2D eigenvalue weighted by atomic mass is 16.5. The Bertz CT molecular complexity index is 1350. The molecule has 2 aromatic carbocycles. The fourth-order valence-electron chi connectivity index (χ4n) is 5.57. The summed E-state index contributed by atoms with van der Waals surface area (Å²) in [6.07, 6.45) is 1.33. The van der Waals surface area contributed by atoms with Gasteiger partial charge in [-0.2, -0.15) is 0 Å². The minimum absolute atomic E-state index is 0.0515. The fraction of sp³-hybridized carbons (Fsp3) is 0.533. The quantitative estimate of drug-likeness (QED) is 0.0607. The number of fused-ring (bicyclic) bond motifs is 3. The maximum absolute atomic E-state index is 13.9. The highest BCUT2D eigenvalue weighted by molar-refractivity contribution is 6.02. The molecular formula is C30H38N6O7. The van der Waals surface area contributed by atoms with Crippen molar-refractivity contribution in [3.05, 3.63) is 79.5 Å². The molecule has 1 atom stereocenters. The lowest BCUT2D eigenvalue weighted by Gasteiger charge is -2.32. The SMILES string of the molecule is [N-]=[N+]=NCCOCCCC(=O)c1ccc2c(c1)C(CO)c1cc(C(=O)C(CCO)(CCO)CCOCCN=[N+]=[N-])ccc1-2. The average molecular weight is 595 g/mol. The number of carbonyl (C=O) groups is 2. The Morgan fingerprint density at radius 1 is 0.791 bits per heavy atom. The topological polar surface area (TPSA) is 211 Å². The molecule has 3 N–H and O–H groups in total. The fourth-order valence-corrected chi connectivity index (χ4v) is 5.57. The lowest BCUT2D eigenvalue weighted by atomic mass is 9.72. The molecule has 1 aliphatic rings. The summed E-state index contributed by atoms with van der Waals surface area (Å²) in [6, 6.07) is 10.8. The zero-order chi connectivity index (χ0) is 31.1. The van der Waals surface area contributed by atoms with Crippen molar-refractivity contribution in [3.63, 3.8) is 0 Å². The van der Waals surface area contributed by atoms with Gasteiger partial charge in [-0.25, -0.2) is 0 Å². The standard InChI is InChI=1S/C30H38N6O7/c31-35-33-10-16-42-14-1-2-28(40)21-3-5-23-24-6-4-22(19-26(24)27(20-39)25(23)18-21)29(41)30(7-12-37,8-13-38)9-15-43-17-11-34-36-32/h3-6,18-19,27,37-39H,1-2,7-17,20H2. The van der Waals surface area contributed by atoms with Crippen LogP contribution < -0.4 is 0 Å². The average Bonchev–Trinajstić information content (AvgIpc) is 3.34. The van der Waals surface area contributed by atoms with Crippen LogP contribution in [0.15, 0.2) is 46.6 Å². The molecular weight excluding hydrogens is 556 g/mol. The number of aliphatic hydroxyl groups is 3. The smallest absolute Gasteiger partial charge is 0.169 e. The Kier molecular flexibility index (Phi) is 13.6. The van der Waals surface area contributed by atoms with Gasteiger partial charge in [-0.3, -0.25) is 9.59 Å². The molecule has 43 heavy (non-hydrogen) atoms. The van der Waals surface area contributed by atoms with Crippen molar-refractivity contribution in [2.75, 3.05) is 59.3 Å². The molecule has 0 spiro atoms. The van der Waals surface area contributed by atoms with Gasteiger partial charge in [0.05, 0.1) is 19.8 Å². The van der Waals surface area contributed by atoms with Crippen molar-refractivity contribution in [1.29, 1.82) is 0 Å². The van der Waals surface area contributed by atoms with E-state index in [1.54, 1.807) is 24.3 Å². The Labute approximate surface area is 249 Å². The number of ketones is 2. The van der Waals surface area contributed by atoms with E-state index in [9.17, 15) is 24.9 Å². The van der Waals surface area contributed by atoms with Crippen LogP contribution in [0.3, 0.4) is 0 Å². The minimum Gasteiger partial charge on any atom is -0.396 e. The number of nitrogens with zero attached hydrogens (tertiary/aromatic N) is 6. The van der Waals surface area contributed by atoms with Gasteiger partial charge in [0.25, 0.3) is 0 Å². The molecule has 13 heteroatoms. The molecule has 1 unspecified atom stereocenters. The van der Waals surface area contributed by atoms with Crippen molar-refractivity contribution in [3.8, 4) is 11.1 Å². The van der Waals surface area contributed by atoms with E-state index in [0.717, 1.165) is 22.3 Å². The maximum Gasteiger partial charge on any atom is 0.169 e. The van der Waals surface area contributed by atoms with Gasteiger partial charge in [0.15, 0.2) is 11.6 Å². The number of benzene rings is 2. The molecule has 0 saturated heterocycles. The summed E-state index contributed by atoms with van der Waals surface area (Å²) in [4.78, 5) is 32.2. The number of azide groups is 2. The van der Waals surface area contributed by atoms with Crippen LogP contribution in [0.4, 0.5) is 0 Å². The van der Waals surface area contributed by atoms with Crippen LogP contribution in [0.25, 0.3) is 32.0 Å². The first-order valence-corrected chi connectivity index (χ1v) is 14.3. The van der Waals surface area contributed by atoms with E-state index in [1.165, 1.54) is 0 Å². The van der Waals surface area contributed by atoms with Gasteiger partial charge in [-0.15, -0.1) is 0 Å². The third kappa shape index (κ3) is 8.62. The summed E-state index contributed by atoms with van der Waals surface area (Å²) in [5, 5.41) is 36.8. The second kappa shape index (κ2) is 17.3. The first-order valence-electron chi connectivity index (χ1n) is 14.3. The number of rotatable bonds is 21. The van der Waals surface area contributed by atoms with Gasteiger partial charge in [0.1, 0.15) is 0 Å². The molecule has 1 aliphatic carbocycles. The lowest BCUT2D eigenvalue weighted by molar-refractivity contribution is 0.0476. The monoisotopic (exact) mass is 594 g/mol. The molecule has 2 aromatic rings. The van der Waals surface area contributed by atoms with Crippen molar-refractivity contribution >= 4 is 11.6 Å². The second-order valence-electron chi connectivity index (χ2n) is 10.3. The van der Waals surface area contributed by atoms with Crippen LogP contribution in [0.1, 0.15) is 69.9 Å². The summed E-state index contributed by atoms with van der Waals surface area (Å²) in [5.41, 5.74) is 19.9. The van der Waals surface area contributed by atoms with Crippen LogP contribution >= 0.6 is 0 Å². The highest BCUT2D eigenvalue weighted by Crippen LogP contribution is 2.46. The van der Waals surface area contributed by atoms with E-state index >= 15 is 0 Å². The molecule has 230 valence electrons. The van der Waals surface area contributed by atoms with Gasteiger partial charge in [-0.1, -0.05) is 34.5 Å². The largest absolute Gasteiger partial charge is 0.396 e. The Morgan fingerprint density at radius 2 is 1.35 bits per heavy atom. The molecule has 0 fully saturated rings. The predicted molar refractivity (Wildman–Crippen MR) is 159 cm³/mol. The molecule has 0 aliphatic heterocycles. The summed E-state index contributed by atoms with van der Waals surface area (Å²) in [7, 11) is 0. The van der Waals surface area contributed by atoms with Crippen LogP contribution in [-0.2, 0) is 9.47 Å². The number of hydrogen-bond acceptors (Lipinski definition) is 9. The number of ether oxygens (including phenoxy) is 2. The number of hydrogen-bond donors (Lipinski definition) is 3. The Balaban J connectivity index is 1.78. The minimum atomic E-state index is -1.07. The summed E-state index contributed by atoms with van der Waals surface area (Å²) in [6.45, 7) is 0.724. The van der Waals surface area contributed by atoms with E-state index in [4.69, 9.17) is 20.5 Å². The number of Topliss-reactive ketones (excluding diaryl/α,β-unsaturated/α-hetero) is 2. The number of carbonyl (C=O) groups excluding carboxylic acids is 2. The first kappa shape index (κ1) is 33.7. The van der Waals surface area contributed by atoms with Crippen molar-refractivity contribution in [1.82, 2.24) is 0 Å². The lowest BCUT2D eigenvalue weighted by Crippen LogP contribution is -2.35. The molecule has 0 bridgehead atoms. The van der Waals surface area contributed by atoms with E-state index in [1.807, 2.05) is 12.1 Å². The second-order valence-corrected chi connectivity index (χ2v) is 10.3. The van der Waals surface area contributed by atoms with E-state index in [2.05, 4.69) is 20.1 Å². The van der Waals surface area contributed by atoms with Crippen molar-refractivity contribution < 1.29 is 34.4 Å². The summed E-state index contributed by atoms with van der Waals surface area (Å²) < 4.78 is 10.9. The van der Waals surface area contributed by atoms with Crippen LogP contribution in [0.2, 0.25) is 0 Å². The van der Waals surface area contributed by atoms with E-state index in [0.29, 0.717) is 30.8 Å². The molecule has 3 rings (SSSR count). The third-order valence-electron chi connectivity index (χ3n) is 7.79. The zero-order valence-electron chi connectivity index (χ0n) is 24.1. The van der Waals surface area contributed by atoms with Gasteiger partial charge < -0.3 is 24.8 Å². The summed E-state index contributed by atoms with van der Waals surface area (Å²) >= 11 is 0. The molecule has 0 amide bonds. The normalized spacial score (nSPS) is 13.5. The predicted octanol–water partition coefficient (Wildman–Crippen LogP) is 4.73. The Morgan fingerprint density at radius 3 is 1.91 bits per heavy atom. The van der Waals surface area contributed by atoms with Crippen LogP contribution in [0, 0.1) is 5.41 Å². The third-order valence-corrected chi connectivity index (χ3v) is 7.79. The molecule has 0 radical (unpaired) electrons. The molecule has 0 saturated carbocycles. The van der Waals surface area contributed by atoms with Crippen LogP contribution in [0.5, 0.6) is 0 Å². The maximum atomic E-state index is 13.9. The zero-order valence-corrected chi connectivity index (χ0v) is 24.1. The van der Waals surface area contributed by atoms with Crippen molar-refractivity contribution in [2.24, 2.45) is 15.6 Å². The van der Waals surface area contributed by atoms with Gasteiger partial charge >= 0.3 is 0 Å². The molecule has 0 aromatic heterocycles. The van der Waals surface area contributed by atoms with Gasteiger partial charge in [0.2, 0.25) is 0 Å². The van der Waals surface area contributed by atoms with E-state index < -0.39 is 11.3 Å². The molecule has 13 nitrogen and oxygen atoms in total. The van der Waals surface area contributed by atoms with Gasteiger partial charge in [-0.05, 0) is 71.1 Å². The summed E-state index contributed by atoms with van der Waals surface area (Å²) in [5.74, 6) is -0.713. The van der Waals surface area contributed by atoms with Crippen LogP contribution in [-0.4, -0.2) is 86.2 Å².